The van der Waals surface area contributed by atoms with Gasteiger partial charge in [-0.3, -0.25) is 4.90 Å². The zero-order chi connectivity index (χ0) is 14.5. The molecule has 0 aliphatic carbocycles. The topological polar surface area (TPSA) is 3.24 Å². The van der Waals surface area contributed by atoms with Crippen molar-refractivity contribution in [1.29, 1.82) is 0 Å². The summed E-state index contributed by atoms with van der Waals surface area (Å²) in [5.41, 5.74) is -0.309. The Hall–Kier alpha value is -0.880. The summed E-state index contributed by atoms with van der Waals surface area (Å²) in [7, 11) is 0. The van der Waals surface area contributed by atoms with Crippen molar-refractivity contribution in [1.82, 2.24) is 4.90 Å². The van der Waals surface area contributed by atoms with Crippen LogP contribution in [-0.2, 0) is 5.92 Å². The number of rotatable bonds is 6. The van der Waals surface area contributed by atoms with E-state index in [-0.39, 0.29) is 18.0 Å². The first-order chi connectivity index (χ1) is 8.74. The lowest BCUT2D eigenvalue weighted by atomic mass is 10.1. The minimum atomic E-state index is -4.53. The molecule has 1 aromatic rings. The van der Waals surface area contributed by atoms with Gasteiger partial charge >= 0.3 is 6.18 Å². The van der Waals surface area contributed by atoms with Crippen molar-refractivity contribution < 1.29 is 22.0 Å². The second kappa shape index (κ2) is 6.52. The molecule has 7 heteroatoms. The third-order valence-electron chi connectivity index (χ3n) is 2.42. The summed E-state index contributed by atoms with van der Waals surface area (Å²) in [5.74, 6) is -3.49. The standard InChI is InChI=1S/C12H13ClF5N/c13-6-7-19(9-12(16,17)18)8-11(14,15)10-4-2-1-3-5-10/h1-5H,6-9H2. The van der Waals surface area contributed by atoms with E-state index in [9.17, 15) is 22.0 Å². The molecule has 0 heterocycles. The molecule has 19 heavy (non-hydrogen) atoms. The molecule has 0 unspecified atom stereocenters. The van der Waals surface area contributed by atoms with Crippen LogP contribution in [-0.4, -0.2) is 36.6 Å². The van der Waals surface area contributed by atoms with Crippen molar-refractivity contribution >= 4 is 11.6 Å². The molecule has 1 aromatic carbocycles. The van der Waals surface area contributed by atoms with Crippen molar-refractivity contribution in [2.75, 3.05) is 25.5 Å². The Kier molecular flexibility index (Phi) is 5.55. The number of hydrogen-bond acceptors (Lipinski definition) is 1. The van der Waals surface area contributed by atoms with Crippen LogP contribution >= 0.6 is 11.6 Å². The van der Waals surface area contributed by atoms with Crippen LogP contribution in [0.3, 0.4) is 0 Å². The van der Waals surface area contributed by atoms with E-state index >= 15 is 0 Å². The van der Waals surface area contributed by atoms with Gasteiger partial charge in [-0.05, 0) is 0 Å². The minimum Gasteiger partial charge on any atom is -0.288 e. The van der Waals surface area contributed by atoms with Crippen LogP contribution in [0.25, 0.3) is 0 Å². The van der Waals surface area contributed by atoms with E-state index in [2.05, 4.69) is 0 Å². The highest BCUT2D eigenvalue weighted by Crippen LogP contribution is 2.30. The normalized spacial score (nSPS) is 13.0. The van der Waals surface area contributed by atoms with Gasteiger partial charge in [0.05, 0.1) is 13.1 Å². The quantitative estimate of drug-likeness (QED) is 0.569. The molecule has 0 radical (unpaired) electrons. The Morgan fingerprint density at radius 3 is 2.00 bits per heavy atom. The lowest BCUT2D eigenvalue weighted by molar-refractivity contribution is -0.155. The smallest absolute Gasteiger partial charge is 0.288 e. The third-order valence-corrected chi connectivity index (χ3v) is 2.59. The third kappa shape index (κ3) is 5.74. The van der Waals surface area contributed by atoms with Crippen molar-refractivity contribution in [2.45, 2.75) is 12.1 Å². The molecule has 108 valence electrons. The molecule has 0 aromatic heterocycles. The number of nitrogens with zero attached hydrogens (tertiary/aromatic N) is 1. The maximum Gasteiger partial charge on any atom is 0.401 e. The van der Waals surface area contributed by atoms with Crippen LogP contribution in [0.4, 0.5) is 22.0 Å². The maximum atomic E-state index is 13.9. The molecule has 0 bridgehead atoms. The van der Waals surface area contributed by atoms with Gasteiger partial charge in [-0.25, -0.2) is 0 Å². The summed E-state index contributed by atoms with van der Waals surface area (Å²) in [6.07, 6.45) is -4.53. The Balaban J connectivity index is 2.77. The summed E-state index contributed by atoms with van der Waals surface area (Å²) >= 11 is 5.35. The Labute approximate surface area is 113 Å². The molecular formula is C12H13ClF5N. The molecule has 0 amide bonds. The summed E-state index contributed by atoms with van der Waals surface area (Å²) in [6, 6.07) is 6.77. The van der Waals surface area contributed by atoms with E-state index in [4.69, 9.17) is 11.6 Å². The van der Waals surface area contributed by atoms with Crippen LogP contribution in [0.2, 0.25) is 0 Å². The highest BCUT2D eigenvalue weighted by atomic mass is 35.5. The Morgan fingerprint density at radius 2 is 1.53 bits per heavy atom. The molecule has 1 rings (SSSR count). The molecule has 0 saturated heterocycles. The fourth-order valence-electron chi connectivity index (χ4n) is 1.64. The molecule has 0 atom stereocenters. The Morgan fingerprint density at radius 1 is 0.947 bits per heavy atom. The number of benzene rings is 1. The average Bonchev–Trinajstić information content (AvgIpc) is 2.27. The highest BCUT2D eigenvalue weighted by molar-refractivity contribution is 6.18. The summed E-state index contributed by atoms with van der Waals surface area (Å²) in [5, 5.41) is 0. The van der Waals surface area contributed by atoms with Gasteiger partial charge in [0.15, 0.2) is 0 Å². The van der Waals surface area contributed by atoms with Gasteiger partial charge in [0, 0.05) is 18.0 Å². The first-order valence-corrected chi connectivity index (χ1v) is 6.06. The first-order valence-electron chi connectivity index (χ1n) is 5.53. The van der Waals surface area contributed by atoms with Crippen LogP contribution in [0.1, 0.15) is 5.56 Å². The molecule has 0 aliphatic heterocycles. The molecule has 0 fully saturated rings. The Bertz CT molecular complexity index is 379. The average molecular weight is 302 g/mol. The molecule has 1 nitrogen and oxygen atoms in total. The van der Waals surface area contributed by atoms with Crippen molar-refractivity contribution in [2.24, 2.45) is 0 Å². The second-order valence-corrected chi connectivity index (χ2v) is 4.46. The maximum absolute atomic E-state index is 13.9. The zero-order valence-electron chi connectivity index (χ0n) is 9.93. The van der Waals surface area contributed by atoms with E-state index in [0.29, 0.717) is 4.90 Å². The van der Waals surface area contributed by atoms with E-state index in [1.165, 1.54) is 24.3 Å². The lowest BCUT2D eigenvalue weighted by Gasteiger charge is -2.27. The number of hydrogen-bond donors (Lipinski definition) is 0. The second-order valence-electron chi connectivity index (χ2n) is 4.09. The van der Waals surface area contributed by atoms with Crippen molar-refractivity contribution in [3.05, 3.63) is 35.9 Å². The predicted octanol–water partition coefficient (Wildman–Crippen LogP) is 3.88. The van der Waals surface area contributed by atoms with Gasteiger partial charge < -0.3 is 0 Å². The SMILES string of the molecule is FC(F)(F)CN(CCCl)CC(F)(F)c1ccccc1. The predicted molar refractivity (Wildman–Crippen MR) is 63.6 cm³/mol. The van der Waals surface area contributed by atoms with Gasteiger partial charge in [-0.15, -0.1) is 11.6 Å². The molecule has 0 aliphatic rings. The van der Waals surface area contributed by atoms with Crippen LogP contribution in [0.5, 0.6) is 0 Å². The zero-order valence-corrected chi connectivity index (χ0v) is 10.7. The van der Waals surface area contributed by atoms with Gasteiger partial charge in [-0.1, -0.05) is 30.3 Å². The van der Waals surface area contributed by atoms with Crippen molar-refractivity contribution in [3.8, 4) is 0 Å². The fraction of sp³-hybridized carbons (Fsp3) is 0.500. The molecular weight excluding hydrogens is 289 g/mol. The molecule has 0 saturated carbocycles. The van der Waals surface area contributed by atoms with Crippen LogP contribution in [0.15, 0.2) is 30.3 Å². The van der Waals surface area contributed by atoms with E-state index in [1.54, 1.807) is 6.07 Å². The van der Waals surface area contributed by atoms with Gasteiger partial charge in [0.1, 0.15) is 0 Å². The minimum absolute atomic E-state index is 0.138. The number of halogens is 6. The largest absolute Gasteiger partial charge is 0.401 e. The van der Waals surface area contributed by atoms with E-state index in [0.717, 1.165) is 0 Å². The lowest BCUT2D eigenvalue weighted by Crippen LogP contribution is -2.42. The van der Waals surface area contributed by atoms with Crippen molar-refractivity contribution in [3.63, 3.8) is 0 Å². The van der Waals surface area contributed by atoms with Crippen LogP contribution < -0.4 is 0 Å². The number of alkyl halides is 6. The summed E-state index contributed by atoms with van der Waals surface area (Å²) in [4.78, 5) is 0.611. The highest BCUT2D eigenvalue weighted by Gasteiger charge is 2.38. The molecule has 0 N–H and O–H groups in total. The van der Waals surface area contributed by atoms with E-state index in [1.807, 2.05) is 0 Å². The summed E-state index contributed by atoms with van der Waals surface area (Å²) < 4.78 is 64.5. The summed E-state index contributed by atoms with van der Waals surface area (Å²) in [6.45, 7) is -2.66. The monoisotopic (exact) mass is 301 g/mol. The van der Waals surface area contributed by atoms with Gasteiger partial charge in [0.2, 0.25) is 0 Å². The fourth-order valence-corrected chi connectivity index (χ4v) is 1.88. The van der Waals surface area contributed by atoms with Gasteiger partial charge in [0.25, 0.3) is 5.92 Å². The molecule has 0 spiro atoms. The first kappa shape index (κ1) is 16.2. The van der Waals surface area contributed by atoms with E-state index < -0.39 is 25.2 Å². The van der Waals surface area contributed by atoms with Crippen LogP contribution in [0, 0.1) is 0 Å². The van der Waals surface area contributed by atoms with Gasteiger partial charge in [-0.2, -0.15) is 22.0 Å².